The maximum absolute atomic E-state index is 6.40. The molecule has 112 valence electrons. The molecule has 0 aliphatic heterocycles. The van der Waals surface area contributed by atoms with Crippen molar-refractivity contribution in [3.8, 4) is 0 Å². The molecule has 0 spiro atoms. The van der Waals surface area contributed by atoms with Gasteiger partial charge in [-0.25, -0.2) is 0 Å². The van der Waals surface area contributed by atoms with Crippen LogP contribution in [0.2, 0.25) is 5.02 Å². The number of hydrogen-bond acceptors (Lipinski definition) is 2. The van der Waals surface area contributed by atoms with Crippen LogP contribution in [0.15, 0.2) is 47.4 Å². The van der Waals surface area contributed by atoms with Crippen molar-refractivity contribution in [1.82, 2.24) is 0 Å². The van der Waals surface area contributed by atoms with E-state index in [-0.39, 0.29) is 6.04 Å². The highest BCUT2D eigenvalue weighted by molar-refractivity contribution is 7.98. The average molecular weight is 320 g/mol. The van der Waals surface area contributed by atoms with E-state index in [1.807, 2.05) is 12.1 Å². The molecule has 2 aromatic rings. The van der Waals surface area contributed by atoms with Crippen LogP contribution >= 0.6 is 23.4 Å². The van der Waals surface area contributed by atoms with Crippen molar-refractivity contribution in [2.24, 2.45) is 5.73 Å². The summed E-state index contributed by atoms with van der Waals surface area (Å²) in [5.41, 5.74) is 10.0. The highest BCUT2D eigenvalue weighted by Crippen LogP contribution is 2.34. The van der Waals surface area contributed by atoms with Crippen molar-refractivity contribution in [3.63, 3.8) is 0 Å². The lowest BCUT2D eigenvalue weighted by Gasteiger charge is -2.15. The van der Waals surface area contributed by atoms with E-state index in [9.17, 15) is 0 Å². The fourth-order valence-electron chi connectivity index (χ4n) is 2.22. The first-order valence-electron chi connectivity index (χ1n) is 7.32. The molecule has 1 nitrogen and oxygen atoms in total. The first kappa shape index (κ1) is 16.4. The van der Waals surface area contributed by atoms with Gasteiger partial charge in [0.25, 0.3) is 0 Å². The first-order chi connectivity index (χ1) is 10.1. The molecule has 0 aliphatic rings. The summed E-state index contributed by atoms with van der Waals surface area (Å²) in [5.74, 6) is 0.935. The van der Waals surface area contributed by atoms with Gasteiger partial charge in [-0.15, -0.1) is 11.8 Å². The largest absolute Gasteiger partial charge is 0.327 e. The second kappa shape index (κ2) is 7.88. The number of thioether (sulfide) groups is 1. The van der Waals surface area contributed by atoms with Crippen molar-refractivity contribution in [2.75, 3.05) is 0 Å². The Balaban J connectivity index is 2.17. The summed E-state index contributed by atoms with van der Waals surface area (Å²) >= 11 is 8.21. The fourth-order valence-corrected chi connectivity index (χ4v) is 3.75. The van der Waals surface area contributed by atoms with Crippen molar-refractivity contribution in [2.45, 2.75) is 43.4 Å². The smallest absolute Gasteiger partial charge is 0.0544 e. The normalized spacial score (nSPS) is 12.4. The van der Waals surface area contributed by atoms with E-state index in [4.69, 9.17) is 17.3 Å². The quantitative estimate of drug-likeness (QED) is 0.739. The predicted octanol–water partition coefficient (Wildman–Crippen LogP) is 5.22. The van der Waals surface area contributed by atoms with Gasteiger partial charge < -0.3 is 5.73 Å². The van der Waals surface area contributed by atoms with Gasteiger partial charge in [-0.1, -0.05) is 54.9 Å². The van der Waals surface area contributed by atoms with E-state index >= 15 is 0 Å². The van der Waals surface area contributed by atoms with Crippen molar-refractivity contribution >= 4 is 23.4 Å². The summed E-state index contributed by atoms with van der Waals surface area (Å²) in [5, 5.41) is 0.828. The second-order valence-electron chi connectivity index (χ2n) is 5.32. The topological polar surface area (TPSA) is 26.0 Å². The summed E-state index contributed by atoms with van der Waals surface area (Å²) in [6.07, 6.45) is 1.86. The van der Waals surface area contributed by atoms with Crippen LogP contribution in [0.3, 0.4) is 0 Å². The summed E-state index contributed by atoms with van der Waals surface area (Å²) in [6, 6.07) is 14.8. The van der Waals surface area contributed by atoms with Crippen molar-refractivity contribution in [3.05, 3.63) is 64.2 Å². The van der Waals surface area contributed by atoms with E-state index in [0.29, 0.717) is 0 Å². The summed E-state index contributed by atoms with van der Waals surface area (Å²) in [4.78, 5) is 1.17. The Morgan fingerprint density at radius 3 is 2.52 bits per heavy atom. The van der Waals surface area contributed by atoms with E-state index < -0.39 is 0 Å². The molecule has 3 heteroatoms. The molecule has 0 bridgehead atoms. The minimum atomic E-state index is 0.196. The Labute approximate surface area is 136 Å². The zero-order valence-electron chi connectivity index (χ0n) is 12.6. The molecule has 21 heavy (non-hydrogen) atoms. The molecule has 0 radical (unpaired) electrons. The van der Waals surface area contributed by atoms with Crippen LogP contribution in [-0.2, 0) is 12.2 Å². The Bertz CT molecular complexity index is 598. The number of halogens is 1. The van der Waals surface area contributed by atoms with Crippen LogP contribution in [0.1, 0.15) is 30.0 Å². The lowest BCUT2D eigenvalue weighted by molar-refractivity contribution is 0.641. The summed E-state index contributed by atoms with van der Waals surface area (Å²) in [7, 11) is 0. The minimum absolute atomic E-state index is 0.196. The number of benzene rings is 2. The monoisotopic (exact) mass is 319 g/mol. The average Bonchev–Trinajstić information content (AvgIpc) is 2.48. The molecule has 0 aromatic heterocycles. The Morgan fingerprint density at radius 1 is 1.10 bits per heavy atom. The van der Waals surface area contributed by atoms with Gasteiger partial charge in [0.15, 0.2) is 0 Å². The molecule has 1 atom stereocenters. The van der Waals surface area contributed by atoms with Gasteiger partial charge in [-0.3, -0.25) is 0 Å². The van der Waals surface area contributed by atoms with Gasteiger partial charge in [-0.05, 0) is 42.5 Å². The van der Waals surface area contributed by atoms with E-state index in [1.165, 1.54) is 21.6 Å². The van der Waals surface area contributed by atoms with Gasteiger partial charge >= 0.3 is 0 Å². The zero-order chi connectivity index (χ0) is 15.2. The van der Waals surface area contributed by atoms with Crippen LogP contribution in [0, 0.1) is 6.92 Å². The molecule has 2 aromatic carbocycles. The Hall–Kier alpha value is -0.960. The zero-order valence-corrected chi connectivity index (χ0v) is 14.2. The molecule has 0 heterocycles. The maximum Gasteiger partial charge on any atom is 0.0544 e. The fraction of sp³-hybridized carbons (Fsp3) is 0.333. The number of nitrogens with two attached hydrogens (primary N) is 1. The summed E-state index contributed by atoms with van der Waals surface area (Å²) in [6.45, 7) is 4.27. The maximum atomic E-state index is 6.40. The second-order valence-corrected chi connectivity index (χ2v) is 6.71. The Kier molecular flexibility index (Phi) is 6.16. The third-order valence-corrected chi connectivity index (χ3v) is 5.34. The first-order valence-corrected chi connectivity index (χ1v) is 8.68. The third-order valence-electron chi connectivity index (χ3n) is 3.69. The van der Waals surface area contributed by atoms with Crippen LogP contribution in [0.4, 0.5) is 0 Å². The molecule has 2 N–H and O–H groups in total. The van der Waals surface area contributed by atoms with Crippen LogP contribution in [0.25, 0.3) is 0 Å². The minimum Gasteiger partial charge on any atom is -0.327 e. The lowest BCUT2D eigenvalue weighted by atomic mass is 10.0. The van der Waals surface area contributed by atoms with Gasteiger partial charge in [0, 0.05) is 16.7 Å². The lowest BCUT2D eigenvalue weighted by Crippen LogP contribution is -2.21. The summed E-state index contributed by atoms with van der Waals surface area (Å²) < 4.78 is 0. The molecular formula is C18H22ClNS. The van der Waals surface area contributed by atoms with Crippen LogP contribution in [0.5, 0.6) is 0 Å². The van der Waals surface area contributed by atoms with Gasteiger partial charge in [-0.2, -0.15) is 0 Å². The van der Waals surface area contributed by atoms with Gasteiger partial charge in [0.1, 0.15) is 0 Å². The predicted molar refractivity (Wildman–Crippen MR) is 94.2 cm³/mol. The van der Waals surface area contributed by atoms with E-state index in [0.717, 1.165) is 23.6 Å². The molecule has 0 saturated carbocycles. The number of aryl methyl sites for hydroxylation is 1. The SMILES string of the molecule is CCC(N)Cc1cccc(Cl)c1SCc1ccccc1C. The Morgan fingerprint density at radius 2 is 1.81 bits per heavy atom. The van der Waals surface area contributed by atoms with E-state index in [1.54, 1.807) is 11.8 Å². The highest BCUT2D eigenvalue weighted by Gasteiger charge is 2.11. The molecular weight excluding hydrogens is 298 g/mol. The number of hydrogen-bond donors (Lipinski definition) is 1. The van der Waals surface area contributed by atoms with E-state index in [2.05, 4.69) is 44.2 Å². The van der Waals surface area contributed by atoms with Gasteiger partial charge in [0.05, 0.1) is 5.02 Å². The third kappa shape index (κ3) is 4.50. The molecule has 1 unspecified atom stereocenters. The highest BCUT2D eigenvalue weighted by atomic mass is 35.5. The molecule has 0 saturated heterocycles. The van der Waals surface area contributed by atoms with Crippen molar-refractivity contribution in [1.29, 1.82) is 0 Å². The number of rotatable bonds is 6. The molecule has 0 aliphatic carbocycles. The van der Waals surface area contributed by atoms with Crippen LogP contribution < -0.4 is 5.73 Å². The van der Waals surface area contributed by atoms with Crippen molar-refractivity contribution < 1.29 is 0 Å². The molecule has 0 amide bonds. The molecule has 2 rings (SSSR count). The van der Waals surface area contributed by atoms with Gasteiger partial charge in [0.2, 0.25) is 0 Å². The standard InChI is InChI=1S/C18H22ClNS/c1-3-16(20)11-14-9-6-10-17(19)18(14)21-12-15-8-5-4-7-13(15)2/h4-10,16H,3,11-12,20H2,1-2H3. The molecule has 0 fully saturated rings. The van der Waals surface area contributed by atoms with Crippen LogP contribution in [-0.4, -0.2) is 6.04 Å².